The topological polar surface area (TPSA) is 66.5 Å². The number of hydrogen-bond donors (Lipinski definition) is 1. The first kappa shape index (κ1) is 20.0. The van der Waals surface area contributed by atoms with E-state index in [1.54, 1.807) is 60.5 Å². The summed E-state index contributed by atoms with van der Waals surface area (Å²) in [5.41, 5.74) is 3.03. The van der Waals surface area contributed by atoms with Crippen LogP contribution < -0.4 is 5.32 Å². The van der Waals surface area contributed by atoms with Gasteiger partial charge in [0.25, 0.3) is 11.8 Å². The fraction of sp³-hybridized carbons (Fsp3) is 0.125. The van der Waals surface area contributed by atoms with E-state index in [2.05, 4.69) is 5.32 Å². The van der Waals surface area contributed by atoms with Crippen LogP contribution in [0.3, 0.4) is 0 Å². The lowest BCUT2D eigenvalue weighted by Crippen LogP contribution is -2.26. The van der Waals surface area contributed by atoms with E-state index in [9.17, 15) is 14.4 Å². The first-order valence-corrected chi connectivity index (χ1v) is 9.26. The largest absolute Gasteiger partial charge is 0.337 e. The van der Waals surface area contributed by atoms with Crippen LogP contribution in [0.5, 0.6) is 0 Å². The monoisotopic (exact) mass is 386 g/mol. The third kappa shape index (κ3) is 5.17. The van der Waals surface area contributed by atoms with Crippen LogP contribution in [0.15, 0.2) is 78.9 Å². The molecule has 0 saturated heterocycles. The Morgan fingerprint density at radius 2 is 1.45 bits per heavy atom. The summed E-state index contributed by atoms with van der Waals surface area (Å²) in [7, 11) is 1.73. The van der Waals surface area contributed by atoms with Crippen molar-refractivity contribution in [3.05, 3.63) is 101 Å². The van der Waals surface area contributed by atoms with E-state index in [4.69, 9.17) is 0 Å². The van der Waals surface area contributed by atoms with Crippen molar-refractivity contribution in [3.8, 4) is 0 Å². The van der Waals surface area contributed by atoms with Gasteiger partial charge in [-0.2, -0.15) is 0 Å². The van der Waals surface area contributed by atoms with Crippen LogP contribution >= 0.6 is 0 Å². The zero-order valence-electron chi connectivity index (χ0n) is 16.4. The summed E-state index contributed by atoms with van der Waals surface area (Å²) in [5, 5.41) is 2.78. The minimum absolute atomic E-state index is 0.0336. The molecule has 0 radical (unpaired) electrons. The minimum atomic E-state index is -0.319. The van der Waals surface area contributed by atoms with Gasteiger partial charge in [-0.1, -0.05) is 36.4 Å². The molecule has 3 rings (SSSR count). The summed E-state index contributed by atoms with van der Waals surface area (Å²) < 4.78 is 0. The number of Topliss-reactive ketones (excluding diaryl/α,β-unsaturated/α-hetero) is 1. The number of anilines is 1. The van der Waals surface area contributed by atoms with Gasteiger partial charge in [-0.3, -0.25) is 14.4 Å². The van der Waals surface area contributed by atoms with E-state index < -0.39 is 0 Å². The smallest absolute Gasteiger partial charge is 0.255 e. The number of carbonyl (C=O) groups is 3. The van der Waals surface area contributed by atoms with Gasteiger partial charge in [0.05, 0.1) is 0 Å². The van der Waals surface area contributed by atoms with Gasteiger partial charge in [0.2, 0.25) is 0 Å². The lowest BCUT2D eigenvalue weighted by Gasteiger charge is -2.17. The Morgan fingerprint density at radius 3 is 2.10 bits per heavy atom. The van der Waals surface area contributed by atoms with Crippen molar-refractivity contribution < 1.29 is 14.4 Å². The van der Waals surface area contributed by atoms with Crippen LogP contribution in [-0.4, -0.2) is 29.5 Å². The highest BCUT2D eigenvalue weighted by atomic mass is 16.2. The molecular weight excluding hydrogens is 364 g/mol. The van der Waals surface area contributed by atoms with Crippen molar-refractivity contribution in [2.75, 3.05) is 12.4 Å². The SMILES string of the molecule is CC(=O)c1ccc(NC(=O)c2cccc(C(=O)N(C)Cc3ccccc3)c2)cc1. The van der Waals surface area contributed by atoms with Gasteiger partial charge in [-0.15, -0.1) is 0 Å². The summed E-state index contributed by atoms with van der Waals surface area (Å²) in [6.07, 6.45) is 0. The molecule has 0 heterocycles. The fourth-order valence-corrected chi connectivity index (χ4v) is 2.93. The van der Waals surface area contributed by atoms with E-state index in [0.717, 1.165) is 5.56 Å². The van der Waals surface area contributed by atoms with E-state index >= 15 is 0 Å². The number of benzene rings is 3. The van der Waals surface area contributed by atoms with Crippen LogP contribution in [0.25, 0.3) is 0 Å². The van der Waals surface area contributed by atoms with Crippen molar-refractivity contribution in [1.29, 1.82) is 0 Å². The average molecular weight is 386 g/mol. The summed E-state index contributed by atoms with van der Waals surface area (Å²) >= 11 is 0. The van der Waals surface area contributed by atoms with Gasteiger partial charge in [0.15, 0.2) is 5.78 Å². The van der Waals surface area contributed by atoms with Gasteiger partial charge < -0.3 is 10.2 Å². The first-order valence-electron chi connectivity index (χ1n) is 9.26. The van der Waals surface area contributed by atoms with Crippen LogP contribution in [0.2, 0.25) is 0 Å². The summed E-state index contributed by atoms with van der Waals surface area (Å²) in [6.45, 7) is 1.98. The maximum Gasteiger partial charge on any atom is 0.255 e. The van der Waals surface area contributed by atoms with Crippen molar-refractivity contribution in [2.45, 2.75) is 13.5 Å². The Kier molecular flexibility index (Phi) is 6.19. The van der Waals surface area contributed by atoms with Crippen molar-refractivity contribution in [1.82, 2.24) is 4.90 Å². The highest BCUT2D eigenvalue weighted by molar-refractivity contribution is 6.06. The molecule has 3 aromatic carbocycles. The average Bonchev–Trinajstić information content (AvgIpc) is 2.74. The maximum atomic E-state index is 12.7. The Bertz CT molecular complexity index is 1030. The molecule has 2 amide bonds. The van der Waals surface area contributed by atoms with E-state index in [1.807, 2.05) is 30.3 Å². The molecule has 0 saturated carbocycles. The van der Waals surface area contributed by atoms with Crippen molar-refractivity contribution in [3.63, 3.8) is 0 Å². The van der Waals surface area contributed by atoms with Gasteiger partial charge >= 0.3 is 0 Å². The standard InChI is InChI=1S/C24H22N2O3/c1-17(27)19-11-13-22(14-12-19)25-23(28)20-9-6-10-21(15-20)24(29)26(2)16-18-7-4-3-5-8-18/h3-15H,16H2,1-2H3,(H,25,28). The number of ketones is 1. The Labute approximate surface area is 170 Å². The molecule has 5 nitrogen and oxygen atoms in total. The number of carbonyl (C=O) groups excluding carboxylic acids is 3. The molecule has 0 aliphatic carbocycles. The number of nitrogens with zero attached hydrogens (tertiary/aromatic N) is 1. The molecule has 0 unspecified atom stereocenters. The number of nitrogens with one attached hydrogen (secondary N) is 1. The van der Waals surface area contributed by atoms with Crippen LogP contribution in [-0.2, 0) is 6.54 Å². The lowest BCUT2D eigenvalue weighted by atomic mass is 10.1. The summed E-state index contributed by atoms with van der Waals surface area (Å²) in [4.78, 5) is 38.3. The molecule has 5 heteroatoms. The molecule has 0 aliphatic heterocycles. The molecule has 0 bridgehead atoms. The third-order valence-corrected chi connectivity index (χ3v) is 4.53. The molecule has 146 valence electrons. The second-order valence-electron chi connectivity index (χ2n) is 6.82. The van der Waals surface area contributed by atoms with Crippen LogP contribution in [0, 0.1) is 0 Å². The van der Waals surface area contributed by atoms with E-state index in [1.165, 1.54) is 6.92 Å². The zero-order valence-corrected chi connectivity index (χ0v) is 16.4. The molecule has 29 heavy (non-hydrogen) atoms. The normalized spacial score (nSPS) is 10.3. The van der Waals surface area contributed by atoms with E-state index in [0.29, 0.717) is 28.9 Å². The predicted molar refractivity (Wildman–Crippen MR) is 113 cm³/mol. The highest BCUT2D eigenvalue weighted by Gasteiger charge is 2.15. The quantitative estimate of drug-likeness (QED) is 0.638. The Balaban J connectivity index is 1.70. The van der Waals surface area contributed by atoms with Crippen molar-refractivity contribution in [2.24, 2.45) is 0 Å². The predicted octanol–water partition coefficient (Wildman–Crippen LogP) is 4.41. The second kappa shape index (κ2) is 8.97. The zero-order chi connectivity index (χ0) is 20.8. The highest BCUT2D eigenvalue weighted by Crippen LogP contribution is 2.14. The summed E-state index contributed by atoms with van der Waals surface area (Å²) in [6, 6.07) is 23.0. The van der Waals surface area contributed by atoms with Gasteiger partial charge in [-0.05, 0) is 55.0 Å². The number of rotatable bonds is 6. The summed E-state index contributed by atoms with van der Waals surface area (Å²) in [5.74, 6) is -0.510. The maximum absolute atomic E-state index is 12.7. The third-order valence-electron chi connectivity index (χ3n) is 4.53. The Hall–Kier alpha value is -3.73. The lowest BCUT2D eigenvalue weighted by molar-refractivity contribution is 0.0785. The van der Waals surface area contributed by atoms with E-state index in [-0.39, 0.29) is 17.6 Å². The molecule has 1 N–H and O–H groups in total. The minimum Gasteiger partial charge on any atom is -0.337 e. The molecular formula is C24H22N2O3. The molecule has 0 aromatic heterocycles. The number of hydrogen-bond acceptors (Lipinski definition) is 3. The molecule has 0 atom stereocenters. The van der Waals surface area contributed by atoms with Crippen LogP contribution in [0.4, 0.5) is 5.69 Å². The number of amides is 2. The first-order chi connectivity index (χ1) is 13.9. The van der Waals surface area contributed by atoms with Gasteiger partial charge in [0, 0.05) is 36.0 Å². The van der Waals surface area contributed by atoms with Crippen molar-refractivity contribution >= 4 is 23.3 Å². The second-order valence-corrected chi connectivity index (χ2v) is 6.82. The molecule has 3 aromatic rings. The molecule has 0 aliphatic rings. The Morgan fingerprint density at radius 1 is 0.793 bits per heavy atom. The van der Waals surface area contributed by atoms with Gasteiger partial charge in [-0.25, -0.2) is 0 Å². The molecule has 0 fully saturated rings. The fourth-order valence-electron chi connectivity index (χ4n) is 2.93. The van der Waals surface area contributed by atoms with Crippen LogP contribution in [0.1, 0.15) is 43.6 Å². The van der Waals surface area contributed by atoms with Gasteiger partial charge in [0.1, 0.15) is 0 Å². The molecule has 0 spiro atoms.